The number of unbranched alkanes of at least 4 members (excludes halogenated alkanes) is 2. The maximum absolute atomic E-state index is 15.8. The van der Waals surface area contributed by atoms with Gasteiger partial charge in [-0.3, -0.25) is 0 Å². The summed E-state index contributed by atoms with van der Waals surface area (Å²) >= 11 is 19.5. The van der Waals surface area contributed by atoms with Crippen LogP contribution >= 0.6 is 34.8 Å². The van der Waals surface area contributed by atoms with Crippen LogP contribution in [0.2, 0.25) is 0 Å². The maximum atomic E-state index is 15.8. The summed E-state index contributed by atoms with van der Waals surface area (Å²) in [6, 6.07) is 100. The first-order valence-electron chi connectivity index (χ1n) is 47.1. The minimum atomic E-state index is -2.21. The molecule has 0 bridgehead atoms. The Balaban J connectivity index is 0.857. The first-order valence-corrected chi connectivity index (χ1v) is 48.2. The van der Waals surface area contributed by atoms with Crippen LogP contribution in [0.3, 0.4) is 0 Å². The number of ether oxygens (including phenoxy) is 21. The van der Waals surface area contributed by atoms with Crippen LogP contribution in [-0.4, -0.2) is 190 Å². The number of nitrogens with one attached hydrogen (secondary N) is 2. The highest BCUT2D eigenvalue weighted by molar-refractivity contribution is 6.67. The number of carbonyl (C=O) groups is 4. The number of hydrogen-bond donors (Lipinski definition) is 2. The lowest BCUT2D eigenvalue weighted by molar-refractivity contribution is -0.403. The third-order valence-electron chi connectivity index (χ3n) is 24.2. The van der Waals surface area contributed by atoms with Gasteiger partial charge < -0.3 is 110 Å². The van der Waals surface area contributed by atoms with E-state index in [9.17, 15) is 9.59 Å². The molecule has 5 fully saturated rings. The summed E-state index contributed by atoms with van der Waals surface area (Å²) in [5, 5.41) is 5.85. The third kappa shape index (κ3) is 29.9. The van der Waals surface area contributed by atoms with Gasteiger partial charge in [0.05, 0.1) is 76.7 Å². The van der Waals surface area contributed by atoms with Crippen LogP contribution in [0.5, 0.6) is 0 Å². The van der Waals surface area contributed by atoms with Gasteiger partial charge in [-0.05, 0) is 95.0 Å². The summed E-state index contributed by atoms with van der Waals surface area (Å²) in [4.78, 5) is 59.4. The molecule has 0 aromatic heterocycles. The highest BCUT2D eigenvalue weighted by Crippen LogP contribution is 2.44. The van der Waals surface area contributed by atoms with Crippen LogP contribution in [0.1, 0.15) is 103 Å². The van der Waals surface area contributed by atoms with Crippen molar-refractivity contribution in [3.63, 3.8) is 0 Å². The molecular weight excluding hydrogens is 1860 g/mol. The number of alkyl carbamates (subject to hydrolysis) is 2. The highest BCUT2D eigenvalue weighted by Gasteiger charge is 2.61. The van der Waals surface area contributed by atoms with E-state index in [0.29, 0.717) is 31.4 Å². The number of amides is 2. The molecule has 30 heteroatoms. The molecule has 5 aliphatic heterocycles. The van der Waals surface area contributed by atoms with Gasteiger partial charge in [-0.15, -0.1) is 0 Å². The van der Waals surface area contributed by atoms with E-state index < -0.39 is 170 Å². The molecule has 9 unspecified atom stereocenters. The average Bonchev–Trinajstić information content (AvgIpc) is 0.754. The van der Waals surface area contributed by atoms with Crippen molar-refractivity contribution in [3.05, 3.63) is 395 Å². The molecule has 16 rings (SSSR count). The van der Waals surface area contributed by atoms with E-state index in [4.69, 9.17) is 134 Å². The van der Waals surface area contributed by atoms with Crippen LogP contribution in [-0.2, 0) is 152 Å². The van der Waals surface area contributed by atoms with Crippen LogP contribution in [0.25, 0.3) is 0 Å². The second kappa shape index (κ2) is 52.7. The first-order chi connectivity index (χ1) is 68.6. The number of hydrogen-bond acceptors (Lipinski definition) is 25. The molecule has 2 N–H and O–H groups in total. The summed E-state index contributed by atoms with van der Waals surface area (Å²) in [6.45, 7) is 0.552. The van der Waals surface area contributed by atoms with Gasteiger partial charge in [0, 0.05) is 18.7 Å². The molecule has 11 aromatic rings. The monoisotopic (exact) mass is 1970 g/mol. The Kier molecular flexibility index (Phi) is 38.4. The van der Waals surface area contributed by atoms with Crippen molar-refractivity contribution in [1.82, 2.24) is 10.6 Å². The van der Waals surface area contributed by atoms with Crippen molar-refractivity contribution in [2.24, 2.45) is 0 Å². The Morgan fingerprint density at radius 3 is 1.26 bits per heavy atom. The molecule has 736 valence electrons. The second-order valence-electron chi connectivity index (χ2n) is 34.4. The summed E-state index contributed by atoms with van der Waals surface area (Å²) < 4.78 is 147. The zero-order chi connectivity index (χ0) is 96.5. The van der Waals surface area contributed by atoms with Crippen molar-refractivity contribution >= 4 is 58.9 Å². The zero-order valence-corrected chi connectivity index (χ0v) is 79.5. The summed E-state index contributed by atoms with van der Waals surface area (Å²) in [5.41, 5.74) is 7.26. The molecule has 5 heterocycles. The van der Waals surface area contributed by atoms with E-state index in [-0.39, 0.29) is 83.8 Å². The molecule has 0 aliphatic carbocycles. The Hall–Kier alpha value is -10.9. The third-order valence-corrected chi connectivity index (χ3v) is 24.5. The first kappa shape index (κ1) is 102. The molecule has 0 saturated carbocycles. The Morgan fingerprint density at radius 2 is 0.750 bits per heavy atom. The quantitative estimate of drug-likeness (QED) is 0.0155. The fourth-order valence-electron chi connectivity index (χ4n) is 17.1. The topological polar surface area (TPSA) is 286 Å². The average molecular weight is 1970 g/mol. The molecule has 0 spiro atoms. The van der Waals surface area contributed by atoms with Gasteiger partial charge in [0.15, 0.2) is 37.6 Å². The van der Waals surface area contributed by atoms with E-state index in [1.807, 2.05) is 280 Å². The lowest BCUT2D eigenvalue weighted by Gasteiger charge is -2.53. The van der Waals surface area contributed by atoms with Gasteiger partial charge in [0.2, 0.25) is 3.79 Å². The van der Waals surface area contributed by atoms with E-state index in [1.54, 1.807) is 60.7 Å². The SMILES string of the molecule is CC1O[C@@H](OC2[C@H](O[C@@H]3C(NC(=O)OCC(Cl)(Cl)Cl)[C@H](O[C@@H]4C(OCc5ccccc5)[C@H](OCCCCCNC(=O)OCc5ccccc5)OC5COC(c6ccccc6)O[C@@H]54)OC(COC(=O)c4ccccc4)[C@@H]3OC(=O)c3ccccc3)OC(COCc3ccccc3)[C@H](OCc3ccccc3)[C@@H]2OCc2ccccc2)C(OCc2ccccc2)[C@H](OCc2ccccc2)[C@H]1OCc1ccccc1. The summed E-state index contributed by atoms with van der Waals surface area (Å²) in [5.74, 6) is -1.76. The largest absolute Gasteiger partial charge is 0.459 e. The lowest BCUT2D eigenvalue weighted by atomic mass is 9.93. The van der Waals surface area contributed by atoms with Gasteiger partial charge in [-0.2, -0.15) is 0 Å². The summed E-state index contributed by atoms with van der Waals surface area (Å²) in [7, 11) is 0. The van der Waals surface area contributed by atoms with Crippen molar-refractivity contribution in [1.29, 1.82) is 0 Å². The molecule has 0 radical (unpaired) electrons. The van der Waals surface area contributed by atoms with E-state index >= 15 is 9.59 Å². The Bertz CT molecular complexity index is 5490. The minimum Gasteiger partial charge on any atom is -0.459 e. The van der Waals surface area contributed by atoms with E-state index in [1.165, 1.54) is 0 Å². The van der Waals surface area contributed by atoms with Crippen LogP contribution in [0.15, 0.2) is 334 Å². The van der Waals surface area contributed by atoms with E-state index in [2.05, 4.69) is 10.6 Å². The zero-order valence-electron chi connectivity index (χ0n) is 77.2. The van der Waals surface area contributed by atoms with Gasteiger partial charge in [0.25, 0.3) is 0 Å². The van der Waals surface area contributed by atoms with Gasteiger partial charge in [0.1, 0.15) is 105 Å². The van der Waals surface area contributed by atoms with Crippen molar-refractivity contribution in [2.75, 3.05) is 39.6 Å². The van der Waals surface area contributed by atoms with Crippen LogP contribution < -0.4 is 10.6 Å². The smallest absolute Gasteiger partial charge is 0.407 e. The van der Waals surface area contributed by atoms with Crippen molar-refractivity contribution in [3.8, 4) is 0 Å². The number of alkyl halides is 3. The fourth-order valence-corrected chi connectivity index (χ4v) is 17.3. The predicted octanol–water partition coefficient (Wildman–Crippen LogP) is 18.6. The predicted molar refractivity (Wildman–Crippen MR) is 517 cm³/mol. The molecule has 5 saturated heterocycles. The lowest BCUT2D eigenvalue weighted by Crippen LogP contribution is -2.71. The van der Waals surface area contributed by atoms with Crippen molar-refractivity contribution < 1.29 is 119 Å². The normalized spacial score (nSPS) is 25.6. The molecule has 140 heavy (non-hydrogen) atoms. The molecular formula is C110H115Cl3N2O25. The van der Waals surface area contributed by atoms with Crippen molar-refractivity contribution in [2.45, 2.75) is 212 Å². The Labute approximate surface area is 829 Å². The standard InChI is InChI=1S/C110H115Cl3N2O25/c1-74-90(122-63-76-40-16-3-17-41-76)95(124-65-78-44-20-5-21-45-78)98(126-67-80-48-24-7-25-49-80)106(132-74)140-100-96(125-66-79-46-22-6-23-47-79)91(123-64-77-42-18-4-19-43-77)86(70-120-62-75-38-14-2-15-39-75)135-107(100)138-94-89(115-109(119)131-73-110(111,112)113)104(133-87(71-128-101(116)83-54-30-10-31-55-83)92(94)136-102(117)84-56-32-11-33-57-84)139-97-93-88(72-129-103(137-93)85-58-34-12-35-59-85)134-105(99(97)127-68-81-50-26-8-27-51-81)121-61-37-13-36-60-114-108(118)130-69-82-52-28-9-29-53-82/h2-12,14-35,38-59,74,86-100,103-107H,13,36-37,60-73H2,1H3,(H,114,118)(H,115,119)/t74?,86?,87?,88?,89?,90-,91-,92-,93-,94+,95+,96-,97-,98?,99?,100?,103?,104-,105+,106-,107-/m0/s1. The number of carbonyl (C=O) groups excluding carboxylic acids is 4. The number of rotatable bonds is 45. The van der Waals surface area contributed by atoms with Crippen LogP contribution in [0, 0.1) is 0 Å². The van der Waals surface area contributed by atoms with E-state index in [0.717, 1.165) is 44.5 Å². The van der Waals surface area contributed by atoms with Crippen LogP contribution in [0.4, 0.5) is 9.59 Å². The molecule has 2 amide bonds. The number of fused-ring (bicyclic) bond motifs is 1. The minimum absolute atomic E-state index is 0.00601. The maximum Gasteiger partial charge on any atom is 0.407 e. The number of benzene rings is 11. The molecule has 21 atom stereocenters. The molecule has 11 aromatic carbocycles. The fraction of sp³-hybridized carbons (Fsp3) is 0.364. The summed E-state index contributed by atoms with van der Waals surface area (Å²) in [6.07, 6.45) is -27.8. The van der Waals surface area contributed by atoms with Gasteiger partial charge in [-0.1, -0.05) is 344 Å². The van der Waals surface area contributed by atoms with Gasteiger partial charge in [-0.25, -0.2) is 19.2 Å². The highest BCUT2D eigenvalue weighted by atomic mass is 35.6. The number of halogens is 3. The molecule has 27 nitrogen and oxygen atoms in total. The molecule has 5 aliphatic rings. The van der Waals surface area contributed by atoms with Gasteiger partial charge >= 0.3 is 24.1 Å². The number of esters is 2. The second-order valence-corrected chi connectivity index (χ2v) is 36.9. The Morgan fingerprint density at radius 1 is 0.343 bits per heavy atom.